The third-order valence-corrected chi connectivity index (χ3v) is 19.9. The van der Waals surface area contributed by atoms with Gasteiger partial charge < -0.3 is 84.5 Å². The van der Waals surface area contributed by atoms with Gasteiger partial charge in [0, 0.05) is 87.1 Å². The van der Waals surface area contributed by atoms with E-state index in [-0.39, 0.29) is 75.8 Å². The fourth-order valence-electron chi connectivity index (χ4n) is 11.4. The van der Waals surface area contributed by atoms with E-state index in [4.69, 9.17) is 0 Å². The van der Waals surface area contributed by atoms with Crippen molar-refractivity contribution in [1.29, 1.82) is 0 Å². The van der Waals surface area contributed by atoms with Gasteiger partial charge in [-0.1, -0.05) is 62.3 Å². The Kier molecular flexibility index (Phi) is 46.1. The van der Waals surface area contributed by atoms with Crippen LogP contribution in [0.1, 0.15) is 217 Å². The molecule has 0 saturated heterocycles. The van der Waals surface area contributed by atoms with E-state index < -0.39 is 179 Å². The molecule has 0 spiro atoms. The molecule has 0 saturated carbocycles. The van der Waals surface area contributed by atoms with Crippen molar-refractivity contribution in [2.75, 3.05) is 111 Å². The molecule has 29 heteroatoms. The zero-order chi connectivity index (χ0) is 79.5. The van der Waals surface area contributed by atoms with Crippen LogP contribution in [0.15, 0.2) is 0 Å². The molecule has 0 aliphatic heterocycles. The lowest BCUT2D eigenvalue weighted by Crippen LogP contribution is -2.57. The van der Waals surface area contributed by atoms with Crippen LogP contribution in [-0.4, -0.2) is 340 Å². The number of rotatable bonds is 51. The topological polar surface area (TPSA) is 337 Å². The molecule has 0 aromatic carbocycles. The number of aliphatic hydroxyl groups excluding tert-OH is 4. The van der Waals surface area contributed by atoms with Gasteiger partial charge in [-0.15, -0.1) is 0 Å². The highest BCUT2D eigenvalue weighted by atomic mass is 16.3. The van der Waals surface area contributed by atoms with Gasteiger partial charge in [-0.05, 0) is 155 Å². The standard InChI is InChI=1S/C74H139N13O16/c1-24-50(11)75-34-63(92)81(52(13)26-3)43-64(93)77(36-60(21)89)40-69(98)85(56(17)30-7)48-73(102)83(54(15)28-5)45-66(95)79(38-62(23)91)42-71(100)87(58(19)32-9)49-74(103)84(55(16)29-6)46-67(96)78(37-61(22)90)41-70(99)86(57(18)31-8)47-72(101)82(53(14)27-4)44-65(94)76(35-59(20)88)39-68(97)80(33-10)51(12)25-2/h50-62,75,88-91H,24-49H2,1-23H3. The Hall–Kier alpha value is -6.56. The normalized spacial score (nSPS) is 15.2. The van der Waals surface area contributed by atoms with Crippen molar-refractivity contribution in [2.24, 2.45) is 0 Å². The summed E-state index contributed by atoms with van der Waals surface area (Å²) in [5, 5.41) is 45.8. The average molecular weight is 1470 g/mol. The maximum Gasteiger partial charge on any atom is 0.242 e. The van der Waals surface area contributed by atoms with Crippen molar-refractivity contribution in [2.45, 2.75) is 296 Å². The van der Waals surface area contributed by atoms with Gasteiger partial charge in [-0.2, -0.15) is 0 Å². The van der Waals surface area contributed by atoms with Crippen LogP contribution < -0.4 is 5.32 Å². The van der Waals surface area contributed by atoms with Crippen LogP contribution in [0.2, 0.25) is 0 Å². The largest absolute Gasteiger partial charge is 0.392 e. The smallest absolute Gasteiger partial charge is 0.242 e. The van der Waals surface area contributed by atoms with Crippen molar-refractivity contribution < 1.29 is 78.0 Å². The van der Waals surface area contributed by atoms with Gasteiger partial charge in [0.05, 0.1) is 57.1 Å². The molecule has 12 amide bonds. The van der Waals surface area contributed by atoms with Crippen molar-refractivity contribution in [3.05, 3.63) is 0 Å². The molecule has 596 valence electrons. The van der Waals surface area contributed by atoms with Crippen LogP contribution >= 0.6 is 0 Å². The number of nitrogens with zero attached hydrogens (tertiary/aromatic N) is 12. The van der Waals surface area contributed by atoms with E-state index in [0.717, 1.165) is 16.2 Å². The molecular formula is C74H139N13O16. The molecule has 5 N–H and O–H groups in total. The highest BCUT2D eigenvalue weighted by Gasteiger charge is 2.38. The highest BCUT2D eigenvalue weighted by molar-refractivity contribution is 5.95. The van der Waals surface area contributed by atoms with Crippen LogP contribution in [0, 0.1) is 0 Å². The monoisotopic (exact) mass is 1470 g/mol. The zero-order valence-corrected chi connectivity index (χ0v) is 67.4. The molecule has 13 unspecified atom stereocenters. The summed E-state index contributed by atoms with van der Waals surface area (Å²) in [5.41, 5.74) is 0. The first-order chi connectivity index (χ1) is 48.1. The molecule has 0 aliphatic rings. The van der Waals surface area contributed by atoms with E-state index in [9.17, 15) is 78.0 Å². The molecule has 29 nitrogen and oxygen atoms in total. The highest BCUT2D eigenvalue weighted by Crippen LogP contribution is 2.18. The van der Waals surface area contributed by atoms with Crippen molar-refractivity contribution in [3.63, 3.8) is 0 Å². The summed E-state index contributed by atoms with van der Waals surface area (Å²) in [6.45, 7) is 34.0. The quantitative estimate of drug-likeness (QED) is 0.0584. The number of hydrogen-bond donors (Lipinski definition) is 5. The van der Waals surface area contributed by atoms with Crippen LogP contribution in [0.3, 0.4) is 0 Å². The number of hydrogen-bond acceptors (Lipinski definition) is 17. The lowest BCUT2D eigenvalue weighted by atomic mass is 10.1. The third-order valence-electron chi connectivity index (χ3n) is 19.9. The van der Waals surface area contributed by atoms with Gasteiger partial charge in [0.15, 0.2) is 0 Å². The second-order valence-corrected chi connectivity index (χ2v) is 28.6. The molecule has 0 rings (SSSR count). The van der Waals surface area contributed by atoms with Crippen LogP contribution in [0.4, 0.5) is 0 Å². The molecule has 103 heavy (non-hydrogen) atoms. The van der Waals surface area contributed by atoms with Gasteiger partial charge in [0.1, 0.15) is 45.8 Å². The Balaban J connectivity index is 7.15. The van der Waals surface area contributed by atoms with Crippen LogP contribution in [0.25, 0.3) is 0 Å². The van der Waals surface area contributed by atoms with Crippen LogP contribution in [0.5, 0.6) is 0 Å². The van der Waals surface area contributed by atoms with Crippen LogP contribution in [-0.2, 0) is 57.5 Å². The minimum Gasteiger partial charge on any atom is -0.392 e. The predicted octanol–water partition coefficient (Wildman–Crippen LogP) is 3.25. The summed E-state index contributed by atoms with van der Waals surface area (Å²) in [5.74, 6) is -7.06. The fraction of sp³-hybridized carbons (Fsp3) is 0.838. The summed E-state index contributed by atoms with van der Waals surface area (Å²) < 4.78 is 0. The number of carbonyl (C=O) groups excluding carboxylic acids is 12. The number of nitrogens with one attached hydrogen (secondary N) is 1. The minimum atomic E-state index is -1.17. The van der Waals surface area contributed by atoms with E-state index in [2.05, 4.69) is 5.32 Å². The average Bonchev–Trinajstić information content (AvgIpc) is 0.844. The molecule has 0 heterocycles. The number of carbonyl (C=O) groups is 12. The zero-order valence-electron chi connectivity index (χ0n) is 67.4. The molecular weight excluding hydrogens is 1330 g/mol. The SMILES string of the molecule is CCC(C)NCC(=O)N(CC(=O)N(CC(=O)N(CC(=O)N(CC(=O)N(CC(=O)N(CC(=O)N(CC(=O)N(CC(=O)N(CC(=O)N(CC(=O)N(CC(=O)N(CC)C(C)CC)CC(C)O)C(C)CC)C(C)CC)CC(C)O)C(C)CC)C(C)CC)CC(C)O)C(C)CC)C(C)CC)CC(C)O)C(C)CC. The molecule has 0 bridgehead atoms. The van der Waals surface area contributed by atoms with E-state index in [1.807, 2.05) is 69.2 Å². The maximum atomic E-state index is 14.8. The summed E-state index contributed by atoms with van der Waals surface area (Å²) in [6, 6.07) is -3.82. The van der Waals surface area contributed by atoms with E-state index >= 15 is 0 Å². The number of amides is 12. The molecule has 0 aromatic rings. The van der Waals surface area contributed by atoms with Gasteiger partial charge in [-0.25, -0.2) is 0 Å². The Bertz CT molecular complexity index is 2650. The fourth-order valence-corrected chi connectivity index (χ4v) is 11.4. The van der Waals surface area contributed by atoms with Crippen molar-refractivity contribution >= 4 is 70.9 Å². The Morgan fingerprint density at radius 2 is 0.398 bits per heavy atom. The van der Waals surface area contributed by atoms with Gasteiger partial charge >= 0.3 is 0 Å². The van der Waals surface area contributed by atoms with Gasteiger partial charge in [-0.3, -0.25) is 57.5 Å². The van der Waals surface area contributed by atoms with E-state index in [1.54, 1.807) is 67.2 Å². The second-order valence-electron chi connectivity index (χ2n) is 28.6. The summed E-state index contributed by atoms with van der Waals surface area (Å²) in [4.78, 5) is 188. The van der Waals surface area contributed by atoms with Crippen molar-refractivity contribution in [1.82, 2.24) is 64.1 Å². The summed E-state index contributed by atoms with van der Waals surface area (Å²) in [7, 11) is 0. The second kappa shape index (κ2) is 49.3. The maximum absolute atomic E-state index is 14.8. The lowest BCUT2D eigenvalue weighted by molar-refractivity contribution is -0.152. The molecule has 13 atom stereocenters. The molecule has 0 radical (unpaired) electrons. The summed E-state index contributed by atoms with van der Waals surface area (Å²) in [6.07, 6.45) is -0.124. The first-order valence-electron chi connectivity index (χ1n) is 38.1. The Labute approximate surface area is 617 Å². The van der Waals surface area contributed by atoms with Crippen molar-refractivity contribution in [3.8, 4) is 0 Å². The number of likely N-dealkylation sites (N-methyl/N-ethyl adjacent to an activating group) is 1. The van der Waals surface area contributed by atoms with Gasteiger partial charge in [0.2, 0.25) is 70.9 Å². The minimum absolute atomic E-state index is 0.00478. The molecule has 0 fully saturated rings. The third kappa shape index (κ3) is 33.2. The Morgan fingerprint density at radius 1 is 0.233 bits per heavy atom. The number of aliphatic hydroxyl groups is 4. The van der Waals surface area contributed by atoms with E-state index in [1.165, 1.54) is 71.8 Å². The predicted molar refractivity (Wildman–Crippen MR) is 398 cm³/mol. The Morgan fingerprint density at radius 3 is 0.573 bits per heavy atom. The molecule has 0 aliphatic carbocycles. The van der Waals surface area contributed by atoms with Gasteiger partial charge in [0.25, 0.3) is 0 Å². The first-order valence-corrected chi connectivity index (χ1v) is 38.1. The first kappa shape index (κ1) is 96.4. The lowest BCUT2D eigenvalue weighted by Gasteiger charge is -2.37. The summed E-state index contributed by atoms with van der Waals surface area (Å²) >= 11 is 0. The van der Waals surface area contributed by atoms with E-state index in [0.29, 0.717) is 57.9 Å². The molecule has 0 aromatic heterocycles.